The second-order valence-electron chi connectivity index (χ2n) is 7.72. The molecule has 158 valence electrons. The zero-order valence-corrected chi connectivity index (χ0v) is 17.2. The second kappa shape index (κ2) is 8.51. The predicted octanol–water partition coefficient (Wildman–Crippen LogP) is 3.42. The number of imide groups is 1. The smallest absolute Gasteiger partial charge is 0.338 e. The molecule has 0 fully saturated rings. The van der Waals surface area contributed by atoms with Gasteiger partial charge in [0.1, 0.15) is 0 Å². The van der Waals surface area contributed by atoms with Gasteiger partial charge in [0.05, 0.1) is 23.2 Å². The third kappa shape index (κ3) is 4.37. The Hall–Kier alpha value is -3.81. The van der Waals surface area contributed by atoms with Gasteiger partial charge in [0.25, 0.3) is 17.7 Å². The first-order chi connectivity index (χ1) is 14.9. The van der Waals surface area contributed by atoms with Gasteiger partial charge in [0, 0.05) is 6.42 Å². The maximum absolute atomic E-state index is 12.8. The molecule has 0 unspecified atom stereocenters. The first-order valence-corrected chi connectivity index (χ1v) is 9.95. The number of carbonyl (C=O) groups is 3. The van der Waals surface area contributed by atoms with E-state index in [4.69, 9.17) is 9.26 Å². The van der Waals surface area contributed by atoms with Gasteiger partial charge in [-0.2, -0.15) is 4.98 Å². The summed E-state index contributed by atoms with van der Waals surface area (Å²) in [7, 11) is 0. The highest BCUT2D eigenvalue weighted by atomic mass is 16.6. The Balaban J connectivity index is 1.44. The monoisotopic (exact) mass is 419 g/mol. The molecule has 31 heavy (non-hydrogen) atoms. The van der Waals surface area contributed by atoms with E-state index in [2.05, 4.69) is 10.1 Å². The first kappa shape index (κ1) is 20.5. The number of rotatable bonds is 7. The van der Waals surface area contributed by atoms with E-state index in [1.807, 2.05) is 44.2 Å². The minimum Gasteiger partial charge on any atom is -0.452 e. The van der Waals surface area contributed by atoms with Crippen molar-refractivity contribution in [1.29, 1.82) is 0 Å². The number of aromatic nitrogens is 2. The number of esters is 1. The number of ether oxygens (including phenoxy) is 1. The molecule has 0 aliphatic carbocycles. The Kier molecular flexibility index (Phi) is 5.62. The molecule has 0 spiro atoms. The summed E-state index contributed by atoms with van der Waals surface area (Å²) < 4.78 is 10.3. The van der Waals surface area contributed by atoms with Crippen LogP contribution in [0.4, 0.5) is 0 Å². The molecule has 2 aromatic carbocycles. The molecule has 0 bridgehead atoms. The minimum absolute atomic E-state index is 0.169. The standard InChI is InChI=1S/C23H21N3O5/c1-14(2)10-19-24-20(31-25-19)13-30-23(29)16-8-9-17-18(11-16)22(28)26(21(17)27)12-15-6-4-3-5-7-15/h3-9,11,14H,10,12-13H2,1-2H3. The third-order valence-electron chi connectivity index (χ3n) is 4.82. The molecule has 8 nitrogen and oxygen atoms in total. The number of benzene rings is 2. The Morgan fingerprint density at radius 2 is 1.81 bits per heavy atom. The van der Waals surface area contributed by atoms with E-state index in [0.29, 0.717) is 18.2 Å². The first-order valence-electron chi connectivity index (χ1n) is 9.95. The second-order valence-corrected chi connectivity index (χ2v) is 7.72. The Morgan fingerprint density at radius 3 is 2.55 bits per heavy atom. The maximum Gasteiger partial charge on any atom is 0.338 e. The molecule has 1 aliphatic heterocycles. The molecule has 4 rings (SSSR count). The summed E-state index contributed by atoms with van der Waals surface area (Å²) in [5.74, 6) is -0.332. The van der Waals surface area contributed by atoms with Crippen LogP contribution < -0.4 is 0 Å². The van der Waals surface area contributed by atoms with Crippen molar-refractivity contribution in [2.45, 2.75) is 33.4 Å². The summed E-state index contributed by atoms with van der Waals surface area (Å²) >= 11 is 0. The lowest BCUT2D eigenvalue weighted by atomic mass is 10.1. The lowest BCUT2D eigenvalue weighted by Gasteiger charge is -2.13. The van der Waals surface area contributed by atoms with Crippen molar-refractivity contribution in [2.75, 3.05) is 0 Å². The predicted molar refractivity (Wildman–Crippen MR) is 109 cm³/mol. The van der Waals surface area contributed by atoms with E-state index in [0.717, 1.165) is 5.56 Å². The third-order valence-corrected chi connectivity index (χ3v) is 4.82. The summed E-state index contributed by atoms with van der Waals surface area (Å²) in [6, 6.07) is 13.6. The molecule has 0 saturated carbocycles. The Bertz CT molecular complexity index is 1140. The highest BCUT2D eigenvalue weighted by Gasteiger charge is 2.36. The minimum atomic E-state index is -0.645. The summed E-state index contributed by atoms with van der Waals surface area (Å²) in [6.45, 7) is 4.07. The largest absolute Gasteiger partial charge is 0.452 e. The maximum atomic E-state index is 12.8. The molecular weight excluding hydrogens is 398 g/mol. The molecule has 8 heteroatoms. The number of hydrogen-bond acceptors (Lipinski definition) is 7. The quantitative estimate of drug-likeness (QED) is 0.427. The van der Waals surface area contributed by atoms with Gasteiger partial charge < -0.3 is 9.26 Å². The molecule has 2 amide bonds. The Labute approximate surface area is 178 Å². The zero-order valence-electron chi connectivity index (χ0n) is 17.2. The lowest BCUT2D eigenvalue weighted by molar-refractivity contribution is 0.0429. The van der Waals surface area contributed by atoms with Gasteiger partial charge in [-0.15, -0.1) is 0 Å². The number of amides is 2. The molecule has 3 aromatic rings. The van der Waals surface area contributed by atoms with Gasteiger partial charge in [-0.25, -0.2) is 4.79 Å². The summed E-state index contributed by atoms with van der Waals surface area (Å²) in [6.07, 6.45) is 0.665. The fourth-order valence-corrected chi connectivity index (χ4v) is 3.33. The van der Waals surface area contributed by atoms with Gasteiger partial charge >= 0.3 is 5.97 Å². The van der Waals surface area contributed by atoms with Crippen molar-refractivity contribution in [3.05, 3.63) is 82.5 Å². The van der Waals surface area contributed by atoms with Gasteiger partial charge in [-0.05, 0) is 29.7 Å². The van der Waals surface area contributed by atoms with Crippen LogP contribution in [-0.2, 0) is 24.3 Å². The molecule has 0 radical (unpaired) electrons. The van der Waals surface area contributed by atoms with Crippen LogP contribution in [0.25, 0.3) is 0 Å². The molecule has 0 saturated heterocycles. The van der Waals surface area contributed by atoms with E-state index < -0.39 is 11.9 Å². The van der Waals surface area contributed by atoms with E-state index in [1.54, 1.807) is 0 Å². The highest BCUT2D eigenvalue weighted by Crippen LogP contribution is 2.26. The van der Waals surface area contributed by atoms with Crippen LogP contribution in [0.3, 0.4) is 0 Å². The van der Waals surface area contributed by atoms with Crippen molar-refractivity contribution in [3.63, 3.8) is 0 Å². The van der Waals surface area contributed by atoms with Crippen LogP contribution in [0.15, 0.2) is 53.1 Å². The fourth-order valence-electron chi connectivity index (χ4n) is 3.33. The molecule has 0 atom stereocenters. The van der Waals surface area contributed by atoms with E-state index >= 15 is 0 Å². The SMILES string of the molecule is CC(C)Cc1noc(COC(=O)c2ccc3c(c2)C(=O)N(Cc2ccccc2)C3=O)n1. The van der Waals surface area contributed by atoms with Crippen LogP contribution in [0, 0.1) is 5.92 Å². The fraction of sp³-hybridized carbons (Fsp3) is 0.261. The van der Waals surface area contributed by atoms with Crippen LogP contribution in [0.5, 0.6) is 0 Å². The number of nitrogens with zero attached hydrogens (tertiary/aromatic N) is 3. The summed E-state index contributed by atoms with van der Waals surface area (Å²) in [4.78, 5) is 43.2. The number of carbonyl (C=O) groups excluding carboxylic acids is 3. The topological polar surface area (TPSA) is 103 Å². The van der Waals surface area contributed by atoms with E-state index in [-0.39, 0.29) is 41.6 Å². The summed E-state index contributed by atoms with van der Waals surface area (Å²) in [5.41, 5.74) is 1.47. The van der Waals surface area contributed by atoms with Crippen LogP contribution in [0.2, 0.25) is 0 Å². The van der Waals surface area contributed by atoms with Gasteiger partial charge in [0.15, 0.2) is 12.4 Å². The van der Waals surface area contributed by atoms with Crippen molar-refractivity contribution in [3.8, 4) is 0 Å². The van der Waals surface area contributed by atoms with Crippen LogP contribution >= 0.6 is 0 Å². The normalized spacial score (nSPS) is 13.1. The molecule has 1 aliphatic rings. The van der Waals surface area contributed by atoms with Gasteiger partial charge in [-0.3, -0.25) is 14.5 Å². The molecule has 2 heterocycles. The van der Waals surface area contributed by atoms with Crippen LogP contribution in [-0.4, -0.2) is 32.8 Å². The molecule has 0 N–H and O–H groups in total. The highest BCUT2D eigenvalue weighted by molar-refractivity contribution is 6.21. The van der Waals surface area contributed by atoms with Crippen molar-refractivity contribution in [1.82, 2.24) is 15.0 Å². The molecular formula is C23H21N3O5. The van der Waals surface area contributed by atoms with Gasteiger partial charge in [-0.1, -0.05) is 49.3 Å². The zero-order chi connectivity index (χ0) is 22.0. The van der Waals surface area contributed by atoms with Crippen LogP contribution in [0.1, 0.15) is 62.2 Å². The molecule has 1 aromatic heterocycles. The average Bonchev–Trinajstić information content (AvgIpc) is 3.30. The number of hydrogen-bond donors (Lipinski definition) is 0. The van der Waals surface area contributed by atoms with E-state index in [1.165, 1.54) is 23.1 Å². The van der Waals surface area contributed by atoms with Gasteiger partial charge in [0.2, 0.25) is 0 Å². The average molecular weight is 419 g/mol. The Morgan fingerprint density at radius 1 is 1.06 bits per heavy atom. The lowest BCUT2D eigenvalue weighted by Crippen LogP contribution is -2.29. The van der Waals surface area contributed by atoms with Crippen molar-refractivity contribution >= 4 is 17.8 Å². The summed E-state index contributed by atoms with van der Waals surface area (Å²) in [5, 5.41) is 3.85. The number of fused-ring (bicyclic) bond motifs is 1. The van der Waals surface area contributed by atoms with Crippen molar-refractivity contribution < 1.29 is 23.6 Å². The van der Waals surface area contributed by atoms with E-state index in [9.17, 15) is 14.4 Å². The van der Waals surface area contributed by atoms with Crippen molar-refractivity contribution in [2.24, 2.45) is 5.92 Å².